The lowest BCUT2D eigenvalue weighted by atomic mass is 9.97. The fourth-order valence-electron chi connectivity index (χ4n) is 2.58. The highest BCUT2D eigenvalue weighted by Gasteiger charge is 2.30. The van der Waals surface area contributed by atoms with E-state index in [9.17, 15) is 8.42 Å². The molecule has 0 aliphatic carbocycles. The molecule has 0 spiro atoms. The predicted molar refractivity (Wildman–Crippen MR) is 84.1 cm³/mol. The molecule has 2 aromatic rings. The number of aryl methyl sites for hydroxylation is 1. The summed E-state index contributed by atoms with van der Waals surface area (Å²) < 4.78 is 27.2. The van der Waals surface area contributed by atoms with Crippen molar-refractivity contribution in [3.63, 3.8) is 0 Å². The van der Waals surface area contributed by atoms with Crippen molar-refractivity contribution >= 4 is 32.7 Å². The lowest BCUT2D eigenvalue weighted by Gasteiger charge is -2.30. The molecule has 0 N–H and O–H groups in total. The van der Waals surface area contributed by atoms with Crippen LogP contribution in [-0.2, 0) is 10.0 Å². The Morgan fingerprint density at radius 1 is 1.20 bits per heavy atom. The first-order valence-corrected chi connectivity index (χ1v) is 9.81. The minimum atomic E-state index is -3.28. The van der Waals surface area contributed by atoms with Gasteiger partial charge in [-0.05, 0) is 49.3 Å². The maximum atomic E-state index is 12.5. The van der Waals surface area contributed by atoms with Crippen LogP contribution in [0.25, 0.3) is 0 Å². The van der Waals surface area contributed by atoms with E-state index in [0.717, 1.165) is 17.7 Å². The molecule has 0 bridgehead atoms. The van der Waals surface area contributed by atoms with Crippen LogP contribution in [0.1, 0.15) is 28.5 Å². The fourth-order valence-corrected chi connectivity index (χ4v) is 6.39. The van der Waals surface area contributed by atoms with Gasteiger partial charge in [-0.1, -0.05) is 6.07 Å². The Labute approximate surface area is 127 Å². The molecule has 0 radical (unpaired) electrons. The molecule has 0 aromatic carbocycles. The van der Waals surface area contributed by atoms with Gasteiger partial charge in [0.25, 0.3) is 10.0 Å². The average Bonchev–Trinajstić information content (AvgIpc) is 3.10. The summed E-state index contributed by atoms with van der Waals surface area (Å²) >= 11 is 3.13. The molecule has 1 aliphatic rings. The third-order valence-corrected chi connectivity index (χ3v) is 8.11. The van der Waals surface area contributed by atoms with E-state index in [1.165, 1.54) is 16.2 Å². The van der Waals surface area contributed by atoms with E-state index in [0.29, 0.717) is 23.2 Å². The molecule has 0 atom stereocenters. The van der Waals surface area contributed by atoms with Crippen molar-refractivity contribution < 1.29 is 8.42 Å². The number of piperidine rings is 1. The van der Waals surface area contributed by atoms with Gasteiger partial charge < -0.3 is 0 Å². The van der Waals surface area contributed by atoms with E-state index < -0.39 is 10.0 Å². The number of thiophene rings is 2. The van der Waals surface area contributed by atoms with Gasteiger partial charge in [-0.25, -0.2) is 8.42 Å². The third-order valence-electron chi connectivity index (χ3n) is 3.71. The highest BCUT2D eigenvalue weighted by Crippen LogP contribution is 2.34. The van der Waals surface area contributed by atoms with Crippen LogP contribution < -0.4 is 0 Å². The SMILES string of the molecule is Cc1ccc(S(=O)(=O)N2CCC(c3cccs3)CC2)s1. The number of hydrogen-bond acceptors (Lipinski definition) is 4. The molecule has 0 saturated carbocycles. The molecule has 2 aromatic heterocycles. The topological polar surface area (TPSA) is 37.4 Å². The first-order chi connectivity index (χ1) is 9.57. The van der Waals surface area contributed by atoms with E-state index in [-0.39, 0.29) is 0 Å². The minimum absolute atomic E-state index is 0.476. The number of rotatable bonds is 3. The predicted octanol–water partition coefficient (Wildman–Crippen LogP) is 3.69. The zero-order chi connectivity index (χ0) is 14.2. The van der Waals surface area contributed by atoms with E-state index in [1.807, 2.05) is 13.0 Å². The summed E-state index contributed by atoms with van der Waals surface area (Å²) in [5.74, 6) is 0.520. The lowest BCUT2D eigenvalue weighted by Crippen LogP contribution is -2.37. The van der Waals surface area contributed by atoms with Gasteiger partial charge in [-0.2, -0.15) is 4.31 Å². The van der Waals surface area contributed by atoms with E-state index in [4.69, 9.17) is 0 Å². The normalized spacial score (nSPS) is 18.4. The maximum Gasteiger partial charge on any atom is 0.252 e. The summed E-state index contributed by atoms with van der Waals surface area (Å²) in [4.78, 5) is 2.42. The number of hydrogen-bond donors (Lipinski definition) is 0. The molecule has 20 heavy (non-hydrogen) atoms. The van der Waals surface area contributed by atoms with Crippen molar-refractivity contribution in [2.24, 2.45) is 0 Å². The molecule has 3 heterocycles. The fraction of sp³-hybridized carbons (Fsp3) is 0.429. The van der Waals surface area contributed by atoms with Gasteiger partial charge in [0, 0.05) is 22.8 Å². The second kappa shape index (κ2) is 5.60. The highest BCUT2D eigenvalue weighted by molar-refractivity contribution is 7.91. The molecule has 0 amide bonds. The summed E-state index contributed by atoms with van der Waals surface area (Å²) in [6.45, 7) is 3.19. The lowest BCUT2D eigenvalue weighted by molar-refractivity contribution is 0.322. The summed E-state index contributed by atoms with van der Waals surface area (Å²) in [6.07, 6.45) is 1.84. The van der Waals surface area contributed by atoms with Crippen molar-refractivity contribution in [1.29, 1.82) is 0 Å². The van der Waals surface area contributed by atoms with Crippen molar-refractivity contribution in [2.75, 3.05) is 13.1 Å². The average molecular weight is 327 g/mol. The molecule has 3 nitrogen and oxygen atoms in total. The Kier molecular flexibility index (Phi) is 3.99. The van der Waals surface area contributed by atoms with Crippen LogP contribution in [0.2, 0.25) is 0 Å². The van der Waals surface area contributed by atoms with Crippen molar-refractivity contribution in [3.8, 4) is 0 Å². The zero-order valence-electron chi connectivity index (χ0n) is 11.3. The van der Waals surface area contributed by atoms with E-state index in [2.05, 4.69) is 17.5 Å². The Balaban J connectivity index is 1.72. The van der Waals surface area contributed by atoms with Crippen LogP contribution in [0, 0.1) is 6.92 Å². The van der Waals surface area contributed by atoms with Crippen LogP contribution >= 0.6 is 22.7 Å². The maximum absolute atomic E-state index is 12.5. The van der Waals surface area contributed by atoms with Crippen LogP contribution in [0.15, 0.2) is 33.9 Å². The monoisotopic (exact) mass is 327 g/mol. The second-order valence-corrected chi connectivity index (χ2v) is 9.49. The standard InChI is InChI=1S/C14H17NO2S3/c1-11-4-5-14(19-11)20(16,17)15-8-6-12(7-9-15)13-3-2-10-18-13/h2-5,10,12H,6-9H2,1H3. The quantitative estimate of drug-likeness (QED) is 0.862. The van der Waals surface area contributed by atoms with E-state index in [1.54, 1.807) is 21.7 Å². The van der Waals surface area contributed by atoms with Gasteiger partial charge in [0.1, 0.15) is 4.21 Å². The Hall–Kier alpha value is -0.690. The molecule has 1 saturated heterocycles. The number of nitrogens with zero attached hydrogens (tertiary/aromatic N) is 1. The van der Waals surface area contributed by atoms with Crippen molar-refractivity contribution in [2.45, 2.75) is 29.9 Å². The summed E-state index contributed by atoms with van der Waals surface area (Å²) in [5, 5.41) is 2.09. The van der Waals surface area contributed by atoms with Gasteiger partial charge >= 0.3 is 0 Å². The molecule has 1 fully saturated rings. The van der Waals surface area contributed by atoms with Crippen molar-refractivity contribution in [1.82, 2.24) is 4.31 Å². The molecule has 0 unspecified atom stereocenters. The third kappa shape index (κ3) is 2.70. The van der Waals surface area contributed by atoms with Gasteiger partial charge in [0.15, 0.2) is 0 Å². The summed E-state index contributed by atoms with van der Waals surface area (Å²) in [7, 11) is -3.28. The Morgan fingerprint density at radius 3 is 2.50 bits per heavy atom. The zero-order valence-corrected chi connectivity index (χ0v) is 13.7. The summed E-state index contributed by atoms with van der Waals surface area (Å²) in [5.41, 5.74) is 0. The van der Waals surface area contributed by atoms with Crippen LogP contribution in [0.4, 0.5) is 0 Å². The minimum Gasteiger partial charge on any atom is -0.206 e. The van der Waals surface area contributed by atoms with Crippen LogP contribution in [0.5, 0.6) is 0 Å². The molecule has 3 rings (SSSR count). The van der Waals surface area contributed by atoms with Crippen molar-refractivity contribution in [3.05, 3.63) is 39.4 Å². The van der Waals surface area contributed by atoms with Gasteiger partial charge in [-0.3, -0.25) is 0 Å². The molecular formula is C14H17NO2S3. The van der Waals surface area contributed by atoms with Gasteiger partial charge in [0.2, 0.25) is 0 Å². The highest BCUT2D eigenvalue weighted by atomic mass is 32.2. The largest absolute Gasteiger partial charge is 0.252 e. The first-order valence-electron chi connectivity index (χ1n) is 6.67. The molecule has 108 valence electrons. The second-order valence-electron chi connectivity index (χ2n) is 5.06. The van der Waals surface area contributed by atoms with Gasteiger partial charge in [-0.15, -0.1) is 22.7 Å². The summed E-state index contributed by atoms with van der Waals surface area (Å²) in [6, 6.07) is 7.82. The smallest absolute Gasteiger partial charge is 0.206 e. The first kappa shape index (κ1) is 14.3. The Morgan fingerprint density at radius 2 is 1.95 bits per heavy atom. The van der Waals surface area contributed by atoms with E-state index >= 15 is 0 Å². The van der Waals surface area contributed by atoms with Crippen LogP contribution in [0.3, 0.4) is 0 Å². The number of sulfonamides is 1. The molecular weight excluding hydrogens is 310 g/mol. The molecule has 6 heteroatoms. The Bertz CT molecular complexity index is 665. The van der Waals surface area contributed by atoms with Crippen LogP contribution in [-0.4, -0.2) is 25.8 Å². The van der Waals surface area contributed by atoms with Gasteiger partial charge in [0.05, 0.1) is 0 Å². The molecule has 1 aliphatic heterocycles.